The van der Waals surface area contributed by atoms with Crippen molar-refractivity contribution in [2.75, 3.05) is 0 Å². The normalized spacial score (nSPS) is 12.1. The number of halogens is 1. The highest BCUT2D eigenvalue weighted by Gasteiger charge is 2.13. The van der Waals surface area contributed by atoms with E-state index in [9.17, 15) is 4.39 Å². The van der Waals surface area contributed by atoms with Gasteiger partial charge in [-0.2, -0.15) is 5.26 Å². The quantitative estimate of drug-likeness (QED) is 0.729. The number of hydrogen-bond donors (Lipinski definition) is 0. The van der Waals surface area contributed by atoms with Gasteiger partial charge in [0, 0.05) is 0 Å². The molecule has 1 aromatic carbocycles. The summed E-state index contributed by atoms with van der Waals surface area (Å²) in [6, 6.07) is 6.71. The molecule has 0 N–H and O–H groups in total. The molecule has 1 atom stereocenters. The third-order valence-electron chi connectivity index (χ3n) is 2.70. The topological polar surface area (TPSA) is 23.8 Å². The molecule has 0 aliphatic carbocycles. The van der Waals surface area contributed by atoms with Gasteiger partial charge in [0.25, 0.3) is 0 Å². The van der Waals surface area contributed by atoms with E-state index in [1.165, 1.54) is 6.07 Å². The Bertz CT molecular complexity index is 365. The molecule has 15 heavy (non-hydrogen) atoms. The van der Waals surface area contributed by atoms with Gasteiger partial charge in [-0.05, 0) is 36.5 Å². The number of nitriles is 1. The Labute approximate surface area is 90.5 Å². The van der Waals surface area contributed by atoms with Gasteiger partial charge in [-0.25, -0.2) is 4.39 Å². The molecule has 80 valence electrons. The number of benzene rings is 1. The second-order valence-corrected chi connectivity index (χ2v) is 3.74. The van der Waals surface area contributed by atoms with Gasteiger partial charge in [0.1, 0.15) is 5.82 Å². The van der Waals surface area contributed by atoms with Crippen molar-refractivity contribution in [2.45, 2.75) is 39.0 Å². The zero-order chi connectivity index (χ0) is 11.3. The predicted molar refractivity (Wildman–Crippen MR) is 59.1 cm³/mol. The summed E-state index contributed by atoms with van der Waals surface area (Å²) in [7, 11) is 0. The Kier molecular flexibility index (Phi) is 4.30. The van der Waals surface area contributed by atoms with Crippen molar-refractivity contribution >= 4 is 0 Å². The summed E-state index contributed by atoms with van der Waals surface area (Å²) < 4.78 is 13.6. The van der Waals surface area contributed by atoms with Gasteiger partial charge < -0.3 is 0 Å². The van der Waals surface area contributed by atoms with Crippen LogP contribution in [-0.2, 0) is 0 Å². The van der Waals surface area contributed by atoms with Crippen molar-refractivity contribution in [1.29, 1.82) is 5.26 Å². The minimum absolute atomic E-state index is 0.241. The lowest BCUT2D eigenvalue weighted by molar-refractivity contribution is 0.539. The molecule has 0 radical (unpaired) electrons. The maximum Gasteiger partial charge on any atom is 0.127 e. The Hall–Kier alpha value is -1.36. The largest absolute Gasteiger partial charge is 0.207 e. The second kappa shape index (κ2) is 5.50. The van der Waals surface area contributed by atoms with Crippen LogP contribution in [0.15, 0.2) is 18.2 Å². The van der Waals surface area contributed by atoms with Gasteiger partial charge >= 0.3 is 0 Å². The third-order valence-corrected chi connectivity index (χ3v) is 2.70. The van der Waals surface area contributed by atoms with Crippen LogP contribution >= 0.6 is 0 Å². The van der Waals surface area contributed by atoms with Crippen molar-refractivity contribution in [1.82, 2.24) is 0 Å². The monoisotopic (exact) mass is 205 g/mol. The van der Waals surface area contributed by atoms with E-state index in [1.807, 2.05) is 6.07 Å². The van der Waals surface area contributed by atoms with Crippen LogP contribution in [0.2, 0.25) is 0 Å². The molecule has 0 spiro atoms. The number of nitrogens with zero attached hydrogens (tertiary/aromatic N) is 1. The van der Waals surface area contributed by atoms with E-state index in [2.05, 4.69) is 13.8 Å². The van der Waals surface area contributed by atoms with Crippen LogP contribution in [0, 0.1) is 17.1 Å². The molecular weight excluding hydrogens is 189 g/mol. The van der Waals surface area contributed by atoms with Crippen molar-refractivity contribution < 1.29 is 4.39 Å². The molecule has 0 aromatic heterocycles. The summed E-state index contributed by atoms with van der Waals surface area (Å²) in [5.74, 6) is 0.0390. The van der Waals surface area contributed by atoms with Gasteiger partial charge in [-0.1, -0.05) is 26.3 Å². The first-order valence-corrected chi connectivity index (χ1v) is 5.42. The van der Waals surface area contributed by atoms with Crippen LogP contribution in [0.3, 0.4) is 0 Å². The summed E-state index contributed by atoms with van der Waals surface area (Å²) in [4.78, 5) is 0. The van der Waals surface area contributed by atoms with E-state index >= 15 is 0 Å². The molecule has 0 bridgehead atoms. The zero-order valence-corrected chi connectivity index (χ0v) is 9.26. The molecule has 1 aromatic rings. The third kappa shape index (κ3) is 2.79. The summed E-state index contributed by atoms with van der Waals surface area (Å²) in [5.41, 5.74) is 1.14. The SMILES string of the molecule is CCCC(CC)c1ccc(C#N)cc1F. The maximum absolute atomic E-state index is 13.6. The van der Waals surface area contributed by atoms with Crippen molar-refractivity contribution in [3.8, 4) is 6.07 Å². The molecule has 1 unspecified atom stereocenters. The molecule has 2 heteroatoms. The lowest BCUT2D eigenvalue weighted by Gasteiger charge is -2.14. The lowest BCUT2D eigenvalue weighted by atomic mass is 9.91. The molecule has 0 aliphatic heterocycles. The van der Waals surface area contributed by atoms with Gasteiger partial charge in [0.15, 0.2) is 0 Å². The fraction of sp³-hybridized carbons (Fsp3) is 0.462. The van der Waals surface area contributed by atoms with Gasteiger partial charge in [0.2, 0.25) is 0 Å². The van der Waals surface area contributed by atoms with Crippen LogP contribution in [0.5, 0.6) is 0 Å². The highest BCUT2D eigenvalue weighted by atomic mass is 19.1. The van der Waals surface area contributed by atoms with E-state index in [0.29, 0.717) is 5.56 Å². The molecule has 0 saturated carbocycles. The molecule has 0 fully saturated rings. The van der Waals surface area contributed by atoms with E-state index in [0.717, 1.165) is 24.8 Å². The van der Waals surface area contributed by atoms with Crippen molar-refractivity contribution in [3.05, 3.63) is 35.1 Å². The summed E-state index contributed by atoms with van der Waals surface area (Å²) >= 11 is 0. The lowest BCUT2D eigenvalue weighted by Crippen LogP contribution is -2.00. The summed E-state index contributed by atoms with van der Waals surface area (Å²) in [5, 5.41) is 8.64. The van der Waals surface area contributed by atoms with Crippen molar-refractivity contribution in [3.63, 3.8) is 0 Å². The maximum atomic E-state index is 13.6. The Morgan fingerprint density at radius 2 is 2.13 bits per heavy atom. The minimum atomic E-state index is -0.241. The first-order valence-electron chi connectivity index (χ1n) is 5.42. The molecule has 0 saturated heterocycles. The first kappa shape index (κ1) is 11.7. The second-order valence-electron chi connectivity index (χ2n) is 3.74. The smallest absolute Gasteiger partial charge is 0.127 e. The van der Waals surface area contributed by atoms with Gasteiger partial charge in [-0.15, -0.1) is 0 Å². The van der Waals surface area contributed by atoms with Crippen LogP contribution in [0.25, 0.3) is 0 Å². The first-order chi connectivity index (χ1) is 7.22. The average Bonchev–Trinajstić information content (AvgIpc) is 2.26. The fourth-order valence-electron chi connectivity index (χ4n) is 1.86. The molecule has 1 rings (SSSR count). The predicted octanol–water partition coefficient (Wildman–Crippen LogP) is 3.99. The Morgan fingerprint density at radius 3 is 2.60 bits per heavy atom. The van der Waals surface area contributed by atoms with E-state index < -0.39 is 0 Å². The molecular formula is C13H16FN. The molecule has 1 nitrogen and oxygen atoms in total. The van der Waals surface area contributed by atoms with Crippen LogP contribution in [-0.4, -0.2) is 0 Å². The Morgan fingerprint density at radius 1 is 1.40 bits per heavy atom. The zero-order valence-electron chi connectivity index (χ0n) is 9.26. The molecule has 0 aliphatic rings. The van der Waals surface area contributed by atoms with Crippen molar-refractivity contribution in [2.24, 2.45) is 0 Å². The van der Waals surface area contributed by atoms with E-state index in [1.54, 1.807) is 12.1 Å². The number of rotatable bonds is 4. The summed E-state index contributed by atoms with van der Waals surface area (Å²) in [6.07, 6.45) is 2.99. The average molecular weight is 205 g/mol. The fourth-order valence-corrected chi connectivity index (χ4v) is 1.86. The Balaban J connectivity index is 2.98. The van der Waals surface area contributed by atoms with Crippen LogP contribution in [0.4, 0.5) is 4.39 Å². The molecule has 0 amide bonds. The van der Waals surface area contributed by atoms with Crippen LogP contribution in [0.1, 0.15) is 50.2 Å². The molecule has 0 heterocycles. The highest BCUT2D eigenvalue weighted by molar-refractivity contribution is 5.34. The minimum Gasteiger partial charge on any atom is -0.207 e. The highest BCUT2D eigenvalue weighted by Crippen LogP contribution is 2.27. The van der Waals surface area contributed by atoms with E-state index in [-0.39, 0.29) is 11.7 Å². The van der Waals surface area contributed by atoms with Gasteiger partial charge in [-0.3, -0.25) is 0 Å². The van der Waals surface area contributed by atoms with Crippen LogP contribution < -0.4 is 0 Å². The van der Waals surface area contributed by atoms with Gasteiger partial charge in [0.05, 0.1) is 11.6 Å². The van der Waals surface area contributed by atoms with E-state index in [4.69, 9.17) is 5.26 Å². The standard InChI is InChI=1S/C13H16FN/c1-3-5-11(4-2)12-7-6-10(9-15)8-13(12)14/h6-8,11H,3-5H2,1-2H3. The number of hydrogen-bond acceptors (Lipinski definition) is 1. The summed E-state index contributed by atoms with van der Waals surface area (Å²) in [6.45, 7) is 4.17.